The number of amides is 2. The molecular weight excluding hydrogens is 350 g/mol. The summed E-state index contributed by atoms with van der Waals surface area (Å²) in [6, 6.07) is 7.29. The van der Waals surface area contributed by atoms with Crippen LogP contribution in [0.3, 0.4) is 0 Å². The van der Waals surface area contributed by atoms with Crippen LogP contribution < -0.4 is 14.8 Å². The van der Waals surface area contributed by atoms with E-state index in [0.29, 0.717) is 50.1 Å². The lowest BCUT2D eigenvalue weighted by atomic mass is 10.2. The fourth-order valence-corrected chi connectivity index (χ4v) is 2.99. The zero-order chi connectivity index (χ0) is 18.6. The Morgan fingerprint density at radius 1 is 1.15 bits per heavy atom. The van der Waals surface area contributed by atoms with E-state index < -0.39 is 0 Å². The molecule has 3 heterocycles. The summed E-state index contributed by atoms with van der Waals surface area (Å²) in [7, 11) is 0. The molecule has 1 N–H and O–H groups in total. The van der Waals surface area contributed by atoms with Crippen LogP contribution in [0.15, 0.2) is 30.5 Å². The molecule has 140 valence electrons. The van der Waals surface area contributed by atoms with E-state index in [4.69, 9.17) is 9.47 Å². The molecule has 9 nitrogen and oxygen atoms in total. The highest BCUT2D eigenvalue weighted by Crippen LogP contribution is 2.32. The topological polar surface area (TPSA) is 96.9 Å². The third-order valence-electron chi connectivity index (χ3n) is 4.51. The Morgan fingerprint density at radius 3 is 2.78 bits per heavy atom. The Balaban J connectivity index is 1.39. The third-order valence-corrected chi connectivity index (χ3v) is 4.51. The second kappa shape index (κ2) is 7.48. The van der Waals surface area contributed by atoms with Gasteiger partial charge in [-0.25, -0.2) is 9.97 Å². The van der Waals surface area contributed by atoms with Gasteiger partial charge < -0.3 is 24.6 Å². The second-order valence-corrected chi connectivity index (χ2v) is 6.24. The van der Waals surface area contributed by atoms with Crippen molar-refractivity contribution in [1.29, 1.82) is 0 Å². The van der Waals surface area contributed by atoms with Gasteiger partial charge in [-0.3, -0.25) is 9.59 Å². The molecule has 1 saturated heterocycles. The molecule has 2 aromatic rings. The molecule has 2 amide bonds. The number of hydrogen-bond acceptors (Lipinski definition) is 7. The summed E-state index contributed by atoms with van der Waals surface area (Å²) >= 11 is 0. The maximum atomic E-state index is 12.6. The number of fused-ring (bicyclic) bond motifs is 1. The second-order valence-electron chi connectivity index (χ2n) is 6.24. The lowest BCUT2D eigenvalue weighted by Gasteiger charge is -2.32. The fourth-order valence-electron chi connectivity index (χ4n) is 2.99. The van der Waals surface area contributed by atoms with Crippen LogP contribution in [0.25, 0.3) is 0 Å². The number of ether oxygens (including phenoxy) is 2. The molecule has 1 aromatic carbocycles. The van der Waals surface area contributed by atoms with E-state index in [0.717, 1.165) is 17.7 Å². The molecule has 1 fully saturated rings. The lowest BCUT2D eigenvalue weighted by molar-refractivity contribution is -0.119. The molecule has 1 aromatic heterocycles. The van der Waals surface area contributed by atoms with Gasteiger partial charge >= 0.3 is 0 Å². The molecule has 2 aliphatic rings. The molecule has 0 atom stereocenters. The molecule has 9 heteroatoms. The van der Waals surface area contributed by atoms with Gasteiger partial charge in [0.2, 0.25) is 19.2 Å². The van der Waals surface area contributed by atoms with Gasteiger partial charge in [-0.15, -0.1) is 0 Å². The number of carbonyl (C=O) groups excluding carboxylic acids is 2. The van der Waals surface area contributed by atoms with Crippen LogP contribution in [-0.4, -0.2) is 65.1 Å². The summed E-state index contributed by atoms with van der Waals surface area (Å²) in [4.78, 5) is 35.3. The minimum absolute atomic E-state index is 0.158. The number of nitrogens with zero attached hydrogens (tertiary/aromatic N) is 4. The van der Waals surface area contributed by atoms with E-state index in [1.165, 1.54) is 0 Å². The van der Waals surface area contributed by atoms with Crippen molar-refractivity contribution in [3.05, 3.63) is 41.7 Å². The lowest BCUT2D eigenvalue weighted by Crippen LogP contribution is -2.48. The zero-order valence-electron chi connectivity index (χ0n) is 14.6. The SMILES string of the molecule is O=CN1CCN(C(=O)c2ccnc(NCc3ccc4c(c3)OCO4)n2)CC1. The summed E-state index contributed by atoms with van der Waals surface area (Å²) in [6.07, 6.45) is 2.37. The van der Waals surface area contributed by atoms with E-state index in [1.807, 2.05) is 18.2 Å². The number of piperazine rings is 1. The molecule has 27 heavy (non-hydrogen) atoms. The normalized spacial score (nSPS) is 15.6. The average molecular weight is 369 g/mol. The Morgan fingerprint density at radius 2 is 1.96 bits per heavy atom. The van der Waals surface area contributed by atoms with Gasteiger partial charge in [-0.2, -0.15) is 0 Å². The number of hydrogen-bond donors (Lipinski definition) is 1. The zero-order valence-corrected chi connectivity index (χ0v) is 14.6. The van der Waals surface area contributed by atoms with E-state index in [-0.39, 0.29) is 12.7 Å². The van der Waals surface area contributed by atoms with Crippen LogP contribution in [0.5, 0.6) is 11.5 Å². The minimum Gasteiger partial charge on any atom is -0.454 e. The first kappa shape index (κ1) is 17.1. The average Bonchev–Trinajstić information content (AvgIpc) is 3.20. The first-order valence-corrected chi connectivity index (χ1v) is 8.67. The van der Waals surface area contributed by atoms with Crippen LogP contribution in [-0.2, 0) is 11.3 Å². The summed E-state index contributed by atoms with van der Waals surface area (Å²) in [5.74, 6) is 1.67. The largest absolute Gasteiger partial charge is 0.454 e. The van der Waals surface area contributed by atoms with Gasteiger partial charge in [0.1, 0.15) is 5.69 Å². The molecule has 0 bridgehead atoms. The quantitative estimate of drug-likeness (QED) is 0.776. The first-order chi connectivity index (χ1) is 13.2. The van der Waals surface area contributed by atoms with Crippen molar-refractivity contribution in [2.45, 2.75) is 6.54 Å². The minimum atomic E-state index is -0.158. The van der Waals surface area contributed by atoms with Gasteiger partial charge in [0.05, 0.1) is 0 Å². The molecule has 0 spiro atoms. The molecule has 0 unspecified atom stereocenters. The standard InChI is InChI=1S/C18H19N5O4/c24-11-22-5-7-23(8-6-22)17(25)14-3-4-19-18(21-14)20-10-13-1-2-15-16(9-13)27-12-26-15/h1-4,9,11H,5-8,10,12H2,(H,19,20,21). The number of rotatable bonds is 5. The highest BCUT2D eigenvalue weighted by atomic mass is 16.7. The van der Waals surface area contributed by atoms with Crippen molar-refractivity contribution < 1.29 is 19.1 Å². The Bertz CT molecular complexity index is 851. The van der Waals surface area contributed by atoms with E-state index in [9.17, 15) is 9.59 Å². The van der Waals surface area contributed by atoms with Crippen LogP contribution in [0.1, 0.15) is 16.1 Å². The highest BCUT2D eigenvalue weighted by Gasteiger charge is 2.22. The maximum Gasteiger partial charge on any atom is 0.272 e. The van der Waals surface area contributed by atoms with Crippen molar-refractivity contribution >= 4 is 18.3 Å². The fraction of sp³-hybridized carbons (Fsp3) is 0.333. The predicted octanol–water partition coefficient (Wildman–Crippen LogP) is 0.732. The predicted molar refractivity (Wildman–Crippen MR) is 95.5 cm³/mol. The first-order valence-electron chi connectivity index (χ1n) is 8.67. The number of anilines is 1. The Hall–Kier alpha value is -3.36. The van der Waals surface area contributed by atoms with Crippen LogP contribution in [0.2, 0.25) is 0 Å². The van der Waals surface area contributed by atoms with Crippen molar-refractivity contribution in [1.82, 2.24) is 19.8 Å². The molecule has 2 aliphatic heterocycles. The summed E-state index contributed by atoms with van der Waals surface area (Å²) in [6.45, 7) is 2.81. The monoisotopic (exact) mass is 369 g/mol. The van der Waals surface area contributed by atoms with Crippen molar-refractivity contribution in [2.24, 2.45) is 0 Å². The van der Waals surface area contributed by atoms with Crippen LogP contribution >= 0.6 is 0 Å². The number of aromatic nitrogens is 2. The Labute approximate surface area is 155 Å². The van der Waals surface area contributed by atoms with Gasteiger partial charge in [-0.05, 0) is 23.8 Å². The molecular formula is C18H19N5O4. The van der Waals surface area contributed by atoms with Crippen LogP contribution in [0.4, 0.5) is 5.95 Å². The summed E-state index contributed by atoms with van der Waals surface area (Å²) < 4.78 is 10.7. The van der Waals surface area contributed by atoms with Gasteiger partial charge in [0.15, 0.2) is 11.5 Å². The van der Waals surface area contributed by atoms with Crippen molar-refractivity contribution in [3.63, 3.8) is 0 Å². The number of nitrogens with one attached hydrogen (secondary N) is 1. The number of carbonyl (C=O) groups is 2. The van der Waals surface area contributed by atoms with Crippen molar-refractivity contribution in [3.8, 4) is 11.5 Å². The number of benzene rings is 1. The van der Waals surface area contributed by atoms with E-state index in [2.05, 4.69) is 15.3 Å². The van der Waals surface area contributed by atoms with Gasteiger partial charge in [0, 0.05) is 38.9 Å². The molecule has 0 radical (unpaired) electrons. The molecule has 0 saturated carbocycles. The summed E-state index contributed by atoms with van der Waals surface area (Å²) in [5, 5.41) is 3.12. The van der Waals surface area contributed by atoms with Gasteiger partial charge in [-0.1, -0.05) is 6.07 Å². The van der Waals surface area contributed by atoms with Crippen LogP contribution in [0, 0.1) is 0 Å². The van der Waals surface area contributed by atoms with E-state index >= 15 is 0 Å². The van der Waals surface area contributed by atoms with Crippen molar-refractivity contribution in [2.75, 3.05) is 38.3 Å². The summed E-state index contributed by atoms with van der Waals surface area (Å²) in [5.41, 5.74) is 1.32. The smallest absolute Gasteiger partial charge is 0.272 e. The van der Waals surface area contributed by atoms with E-state index in [1.54, 1.807) is 22.1 Å². The maximum absolute atomic E-state index is 12.6. The highest BCUT2D eigenvalue weighted by molar-refractivity contribution is 5.92. The van der Waals surface area contributed by atoms with Gasteiger partial charge in [0.25, 0.3) is 5.91 Å². The molecule has 4 rings (SSSR count). The molecule has 0 aliphatic carbocycles. The third kappa shape index (κ3) is 3.76. The Kier molecular flexibility index (Phi) is 4.73.